The normalized spacial score (nSPS) is 9.39. The quantitative estimate of drug-likeness (QED) is 0.839. The molecule has 2 rings (SSSR count). The molecule has 7 nitrogen and oxygen atoms in total. The summed E-state index contributed by atoms with van der Waals surface area (Å²) in [5, 5.41) is 8.60. The van der Waals surface area contributed by atoms with E-state index in [1.807, 2.05) is 0 Å². The van der Waals surface area contributed by atoms with Gasteiger partial charge in [0.05, 0.1) is 44.6 Å². The van der Waals surface area contributed by atoms with Gasteiger partial charge in [-0.15, -0.1) is 0 Å². The molecule has 0 saturated carbocycles. The van der Waals surface area contributed by atoms with E-state index in [1.54, 1.807) is 50.9 Å². The first-order valence-corrected chi connectivity index (χ1v) is 6.81. The van der Waals surface area contributed by atoms with Gasteiger partial charge in [-0.2, -0.15) is 0 Å². The zero-order valence-corrected chi connectivity index (χ0v) is 13.4. The van der Waals surface area contributed by atoms with Crippen molar-refractivity contribution in [2.45, 2.75) is 20.1 Å². The molecule has 7 heteroatoms. The summed E-state index contributed by atoms with van der Waals surface area (Å²) >= 11 is 0. The second kappa shape index (κ2) is 10.1. The van der Waals surface area contributed by atoms with Crippen LogP contribution in [0.15, 0.2) is 36.7 Å². The summed E-state index contributed by atoms with van der Waals surface area (Å²) in [6.07, 6.45) is 3.16. The molecular weight excluding hydrogens is 300 g/mol. The van der Waals surface area contributed by atoms with E-state index in [-0.39, 0.29) is 19.2 Å². The minimum atomic E-state index is -0.308. The lowest BCUT2D eigenvalue weighted by Gasteiger charge is -2.02. The van der Waals surface area contributed by atoms with Gasteiger partial charge in [0.2, 0.25) is 0 Å². The molecule has 0 aliphatic heterocycles. The maximum absolute atomic E-state index is 10.5. The Bertz CT molecular complexity index is 561. The van der Waals surface area contributed by atoms with E-state index < -0.39 is 0 Å². The first-order valence-electron chi connectivity index (χ1n) is 6.81. The molecule has 0 radical (unpaired) electrons. The number of rotatable bonds is 5. The fourth-order valence-corrected chi connectivity index (χ4v) is 1.42. The molecule has 0 saturated heterocycles. The van der Waals surface area contributed by atoms with Crippen molar-refractivity contribution < 1.29 is 24.1 Å². The largest absolute Gasteiger partial charge is 0.495 e. The molecule has 2 heterocycles. The Morgan fingerprint density at radius 3 is 1.87 bits per heavy atom. The van der Waals surface area contributed by atoms with Crippen molar-refractivity contribution in [2.24, 2.45) is 0 Å². The van der Waals surface area contributed by atoms with E-state index in [2.05, 4.69) is 9.97 Å². The Labute approximate surface area is 134 Å². The molecule has 23 heavy (non-hydrogen) atoms. The van der Waals surface area contributed by atoms with Gasteiger partial charge in [-0.3, -0.25) is 14.8 Å². The maximum Gasteiger partial charge on any atom is 0.303 e. The van der Waals surface area contributed by atoms with Crippen LogP contribution < -0.4 is 9.47 Å². The lowest BCUT2D eigenvalue weighted by atomic mass is 10.3. The first-order chi connectivity index (χ1) is 11.1. The molecule has 0 fully saturated rings. The third kappa shape index (κ3) is 7.23. The van der Waals surface area contributed by atoms with Gasteiger partial charge < -0.3 is 19.3 Å². The average Bonchev–Trinajstić information content (AvgIpc) is 2.61. The Hall–Kier alpha value is -2.67. The summed E-state index contributed by atoms with van der Waals surface area (Å²) in [6, 6.07) is 7.00. The fourth-order valence-electron chi connectivity index (χ4n) is 1.42. The van der Waals surface area contributed by atoms with Crippen LogP contribution in [0.25, 0.3) is 0 Å². The van der Waals surface area contributed by atoms with Gasteiger partial charge in [0.25, 0.3) is 0 Å². The van der Waals surface area contributed by atoms with Crippen LogP contribution in [0.4, 0.5) is 0 Å². The molecule has 0 aliphatic carbocycles. The highest BCUT2D eigenvalue weighted by Gasteiger charge is 1.98. The van der Waals surface area contributed by atoms with Crippen LogP contribution in [0.1, 0.15) is 18.3 Å². The zero-order chi connectivity index (χ0) is 17.1. The molecular formula is C16H20N2O5. The zero-order valence-electron chi connectivity index (χ0n) is 13.4. The highest BCUT2D eigenvalue weighted by atomic mass is 16.5. The van der Waals surface area contributed by atoms with Gasteiger partial charge in [-0.1, -0.05) is 0 Å². The Balaban J connectivity index is 0.000000238. The number of carbonyl (C=O) groups is 1. The number of methoxy groups -OCH3 is 2. The van der Waals surface area contributed by atoms with E-state index in [4.69, 9.17) is 19.3 Å². The van der Waals surface area contributed by atoms with Crippen LogP contribution in [0.3, 0.4) is 0 Å². The van der Waals surface area contributed by atoms with E-state index in [9.17, 15) is 4.79 Å². The van der Waals surface area contributed by atoms with Crippen LogP contribution in [0.5, 0.6) is 11.5 Å². The topological polar surface area (TPSA) is 90.8 Å². The fraction of sp³-hybridized carbons (Fsp3) is 0.312. The number of aliphatic hydroxyl groups is 1. The third-order valence-electron chi connectivity index (χ3n) is 2.65. The Morgan fingerprint density at radius 2 is 1.52 bits per heavy atom. The lowest BCUT2D eigenvalue weighted by molar-refractivity contribution is -0.142. The lowest BCUT2D eigenvalue weighted by Crippen LogP contribution is -2.00. The summed E-state index contributed by atoms with van der Waals surface area (Å²) in [4.78, 5) is 18.4. The van der Waals surface area contributed by atoms with Crippen LogP contribution >= 0.6 is 0 Å². The molecule has 2 aromatic heterocycles. The van der Waals surface area contributed by atoms with Crippen molar-refractivity contribution >= 4 is 5.97 Å². The molecule has 0 unspecified atom stereocenters. The number of carbonyl (C=O) groups excluding carboxylic acids is 1. The molecule has 124 valence electrons. The number of ether oxygens (including phenoxy) is 3. The first kappa shape index (κ1) is 18.4. The summed E-state index contributed by atoms with van der Waals surface area (Å²) in [5.41, 5.74) is 1.36. The summed E-state index contributed by atoms with van der Waals surface area (Å²) in [6.45, 7) is 1.55. The van der Waals surface area contributed by atoms with E-state index in [0.29, 0.717) is 22.9 Å². The van der Waals surface area contributed by atoms with Gasteiger partial charge in [0.15, 0.2) is 0 Å². The van der Waals surface area contributed by atoms with Gasteiger partial charge in [0, 0.05) is 6.92 Å². The molecule has 0 spiro atoms. The monoisotopic (exact) mass is 320 g/mol. The van der Waals surface area contributed by atoms with Crippen molar-refractivity contribution in [1.82, 2.24) is 9.97 Å². The highest BCUT2D eigenvalue weighted by Crippen LogP contribution is 2.08. The molecule has 0 bridgehead atoms. The number of aromatic nitrogens is 2. The SMILES string of the molecule is COc1ccc(CO)nc1.COc1ccc(COC(C)=O)nc1. The van der Waals surface area contributed by atoms with Crippen LogP contribution in [-0.4, -0.2) is 35.3 Å². The highest BCUT2D eigenvalue weighted by molar-refractivity contribution is 5.65. The number of esters is 1. The van der Waals surface area contributed by atoms with Crippen LogP contribution in [0.2, 0.25) is 0 Å². The Kier molecular flexibility index (Phi) is 8.09. The molecule has 2 aromatic rings. The van der Waals surface area contributed by atoms with Gasteiger partial charge in [-0.05, 0) is 24.3 Å². The van der Waals surface area contributed by atoms with Crippen molar-refractivity contribution in [3.8, 4) is 11.5 Å². The predicted octanol–water partition coefficient (Wildman–Crippen LogP) is 1.74. The number of hydrogen-bond donors (Lipinski definition) is 1. The number of nitrogens with zero attached hydrogens (tertiary/aromatic N) is 2. The molecule has 0 aromatic carbocycles. The second-order valence-electron chi connectivity index (χ2n) is 4.32. The maximum atomic E-state index is 10.5. The number of pyridine rings is 2. The van der Waals surface area contributed by atoms with Crippen LogP contribution in [-0.2, 0) is 22.7 Å². The van der Waals surface area contributed by atoms with E-state index >= 15 is 0 Å². The Morgan fingerprint density at radius 1 is 1.00 bits per heavy atom. The summed E-state index contributed by atoms with van der Waals surface area (Å²) in [7, 11) is 3.15. The van der Waals surface area contributed by atoms with Gasteiger partial charge >= 0.3 is 5.97 Å². The minimum Gasteiger partial charge on any atom is -0.495 e. The predicted molar refractivity (Wildman–Crippen MR) is 83.0 cm³/mol. The summed E-state index contributed by atoms with van der Waals surface area (Å²) in [5.74, 6) is 1.08. The molecule has 1 N–H and O–H groups in total. The van der Waals surface area contributed by atoms with Crippen molar-refractivity contribution in [1.29, 1.82) is 0 Å². The van der Waals surface area contributed by atoms with Crippen LogP contribution in [0, 0.1) is 0 Å². The van der Waals surface area contributed by atoms with Gasteiger partial charge in [-0.25, -0.2) is 0 Å². The third-order valence-corrected chi connectivity index (χ3v) is 2.65. The number of hydrogen-bond acceptors (Lipinski definition) is 7. The minimum absolute atomic E-state index is 0.0238. The molecule has 0 amide bonds. The van der Waals surface area contributed by atoms with Crippen molar-refractivity contribution in [3.63, 3.8) is 0 Å². The van der Waals surface area contributed by atoms with E-state index in [1.165, 1.54) is 6.92 Å². The average molecular weight is 320 g/mol. The van der Waals surface area contributed by atoms with Gasteiger partial charge in [0.1, 0.15) is 18.1 Å². The number of aliphatic hydroxyl groups excluding tert-OH is 1. The summed E-state index contributed by atoms with van der Waals surface area (Å²) < 4.78 is 14.6. The molecule has 0 atom stereocenters. The van der Waals surface area contributed by atoms with Crippen molar-refractivity contribution in [3.05, 3.63) is 48.0 Å². The van der Waals surface area contributed by atoms with Crippen molar-refractivity contribution in [2.75, 3.05) is 14.2 Å². The second-order valence-corrected chi connectivity index (χ2v) is 4.32. The van der Waals surface area contributed by atoms with E-state index in [0.717, 1.165) is 0 Å². The standard InChI is InChI=1S/C9H11NO3.C7H9NO2/c1-7(11)13-6-8-3-4-9(12-2)5-10-8;1-10-7-3-2-6(5-9)8-4-7/h3-5H,6H2,1-2H3;2-4,9H,5H2,1H3. The molecule has 0 aliphatic rings. The smallest absolute Gasteiger partial charge is 0.303 e.